The average molecular weight is 261 g/mol. The Bertz CT molecular complexity index is 375. The third-order valence-electron chi connectivity index (χ3n) is 2.05. The number of ether oxygens (including phenoxy) is 1. The summed E-state index contributed by atoms with van der Waals surface area (Å²) in [6.07, 6.45) is 2.71. The van der Waals surface area contributed by atoms with Gasteiger partial charge in [-0.15, -0.1) is 13.2 Å². The largest absolute Gasteiger partial charge is 0.465 e. The van der Waals surface area contributed by atoms with Gasteiger partial charge in [0.2, 0.25) is 10.0 Å². The predicted molar refractivity (Wildman–Crippen MR) is 67.0 cm³/mol. The molecule has 17 heavy (non-hydrogen) atoms. The zero-order valence-electron chi connectivity index (χ0n) is 10.3. The van der Waals surface area contributed by atoms with Crippen LogP contribution in [-0.4, -0.2) is 43.6 Å². The molecule has 0 bridgehead atoms. The minimum absolute atomic E-state index is 0.0656. The van der Waals surface area contributed by atoms with E-state index in [1.807, 2.05) is 0 Å². The summed E-state index contributed by atoms with van der Waals surface area (Å²) < 4.78 is 29.6. The highest BCUT2D eigenvalue weighted by molar-refractivity contribution is 7.89. The number of esters is 1. The SMILES string of the molecule is C=CCN([C@@H](C)C(=O)OCC)S(=O)(=O)CC=C. The third-order valence-corrected chi connectivity index (χ3v) is 3.89. The molecule has 0 radical (unpaired) electrons. The Hall–Kier alpha value is -1.14. The molecule has 0 unspecified atom stereocenters. The quantitative estimate of drug-likeness (QED) is 0.482. The van der Waals surface area contributed by atoms with Gasteiger partial charge in [0.25, 0.3) is 0 Å². The topological polar surface area (TPSA) is 63.7 Å². The van der Waals surface area contributed by atoms with Crippen molar-refractivity contribution in [2.45, 2.75) is 19.9 Å². The van der Waals surface area contributed by atoms with Crippen molar-refractivity contribution in [1.82, 2.24) is 4.31 Å². The lowest BCUT2D eigenvalue weighted by molar-refractivity contribution is -0.147. The van der Waals surface area contributed by atoms with Crippen LogP contribution >= 0.6 is 0 Å². The van der Waals surface area contributed by atoms with Crippen molar-refractivity contribution in [1.29, 1.82) is 0 Å². The van der Waals surface area contributed by atoms with Crippen LogP contribution in [-0.2, 0) is 19.6 Å². The molecular formula is C11H19NO4S. The zero-order valence-corrected chi connectivity index (χ0v) is 11.1. The average Bonchev–Trinajstić information content (AvgIpc) is 2.25. The van der Waals surface area contributed by atoms with E-state index in [1.54, 1.807) is 6.92 Å². The molecule has 0 aliphatic rings. The molecule has 1 atom stereocenters. The predicted octanol–water partition coefficient (Wildman–Crippen LogP) is 0.942. The van der Waals surface area contributed by atoms with Crippen molar-refractivity contribution in [3.63, 3.8) is 0 Å². The maximum atomic E-state index is 11.9. The summed E-state index contributed by atoms with van der Waals surface area (Å²) in [5.74, 6) is -0.785. The monoisotopic (exact) mass is 261 g/mol. The molecule has 0 heterocycles. The Labute approximate surface area is 103 Å². The van der Waals surface area contributed by atoms with Crippen molar-refractivity contribution in [3.8, 4) is 0 Å². The lowest BCUT2D eigenvalue weighted by Crippen LogP contribution is -2.44. The number of carbonyl (C=O) groups excluding carboxylic acids is 1. The second-order valence-corrected chi connectivity index (χ2v) is 5.32. The van der Waals surface area contributed by atoms with E-state index in [2.05, 4.69) is 13.2 Å². The number of carbonyl (C=O) groups is 1. The maximum absolute atomic E-state index is 11.9. The van der Waals surface area contributed by atoms with Crippen molar-refractivity contribution >= 4 is 16.0 Å². The van der Waals surface area contributed by atoms with Crippen molar-refractivity contribution in [2.24, 2.45) is 0 Å². The highest BCUT2D eigenvalue weighted by atomic mass is 32.2. The van der Waals surface area contributed by atoms with E-state index in [9.17, 15) is 13.2 Å². The molecule has 0 aliphatic heterocycles. The molecule has 6 heteroatoms. The molecule has 0 saturated heterocycles. The zero-order chi connectivity index (χ0) is 13.5. The van der Waals surface area contributed by atoms with Gasteiger partial charge in [0, 0.05) is 6.54 Å². The number of hydrogen-bond donors (Lipinski definition) is 0. The summed E-state index contributed by atoms with van der Waals surface area (Å²) in [6.45, 7) is 10.3. The Morgan fingerprint density at radius 3 is 2.41 bits per heavy atom. The van der Waals surface area contributed by atoms with E-state index in [4.69, 9.17) is 4.74 Å². The molecule has 0 amide bonds. The molecule has 0 rings (SSSR count). The van der Waals surface area contributed by atoms with Crippen LogP contribution in [0.5, 0.6) is 0 Å². The minimum Gasteiger partial charge on any atom is -0.465 e. The fourth-order valence-electron chi connectivity index (χ4n) is 1.26. The van der Waals surface area contributed by atoms with E-state index < -0.39 is 22.0 Å². The van der Waals surface area contributed by atoms with Crippen LogP contribution in [0.25, 0.3) is 0 Å². The van der Waals surface area contributed by atoms with Gasteiger partial charge in [0.15, 0.2) is 0 Å². The van der Waals surface area contributed by atoms with Gasteiger partial charge in [-0.1, -0.05) is 12.2 Å². The first-order valence-corrected chi connectivity index (χ1v) is 6.89. The molecule has 0 fully saturated rings. The van der Waals surface area contributed by atoms with Gasteiger partial charge >= 0.3 is 5.97 Å². The summed E-state index contributed by atoms with van der Waals surface area (Å²) in [4.78, 5) is 11.5. The van der Waals surface area contributed by atoms with Crippen LogP contribution in [0.15, 0.2) is 25.3 Å². The Balaban J connectivity index is 5.02. The number of nitrogens with zero attached hydrogens (tertiary/aromatic N) is 1. The normalized spacial score (nSPS) is 13.1. The van der Waals surface area contributed by atoms with Crippen molar-refractivity contribution < 1.29 is 17.9 Å². The molecule has 0 saturated carbocycles. The fraction of sp³-hybridized carbons (Fsp3) is 0.545. The smallest absolute Gasteiger partial charge is 0.324 e. The molecule has 0 spiro atoms. The number of hydrogen-bond acceptors (Lipinski definition) is 4. The number of sulfonamides is 1. The highest BCUT2D eigenvalue weighted by Gasteiger charge is 2.30. The summed E-state index contributed by atoms with van der Waals surface area (Å²) in [7, 11) is -3.55. The van der Waals surface area contributed by atoms with Crippen LogP contribution in [0.1, 0.15) is 13.8 Å². The lowest BCUT2D eigenvalue weighted by Gasteiger charge is -2.25. The van der Waals surface area contributed by atoms with E-state index in [1.165, 1.54) is 19.1 Å². The first-order valence-electron chi connectivity index (χ1n) is 5.28. The van der Waals surface area contributed by atoms with Gasteiger partial charge in [0.05, 0.1) is 12.4 Å². The molecule has 98 valence electrons. The summed E-state index contributed by atoms with van der Waals surface area (Å²) in [5, 5.41) is 0. The minimum atomic E-state index is -3.55. The molecular weight excluding hydrogens is 242 g/mol. The molecule has 0 aromatic rings. The Morgan fingerprint density at radius 2 is 2.00 bits per heavy atom. The molecule has 0 aliphatic carbocycles. The molecule has 0 N–H and O–H groups in total. The Morgan fingerprint density at radius 1 is 1.41 bits per heavy atom. The van der Waals surface area contributed by atoms with E-state index >= 15 is 0 Å². The fourth-order valence-corrected chi connectivity index (χ4v) is 2.65. The van der Waals surface area contributed by atoms with Gasteiger partial charge in [-0.05, 0) is 13.8 Å². The number of rotatable bonds is 8. The molecule has 5 nitrogen and oxygen atoms in total. The first kappa shape index (κ1) is 15.9. The summed E-state index contributed by atoms with van der Waals surface area (Å²) >= 11 is 0. The lowest BCUT2D eigenvalue weighted by atomic mass is 10.3. The van der Waals surface area contributed by atoms with E-state index in [-0.39, 0.29) is 18.9 Å². The van der Waals surface area contributed by atoms with Gasteiger partial charge in [0.1, 0.15) is 6.04 Å². The Kier molecular flexibility index (Phi) is 6.75. The van der Waals surface area contributed by atoms with E-state index in [0.717, 1.165) is 4.31 Å². The summed E-state index contributed by atoms with van der Waals surface area (Å²) in [5.41, 5.74) is 0. The van der Waals surface area contributed by atoms with Gasteiger partial charge in [-0.25, -0.2) is 8.42 Å². The van der Waals surface area contributed by atoms with Crippen molar-refractivity contribution in [2.75, 3.05) is 18.9 Å². The second-order valence-electron chi connectivity index (χ2n) is 3.35. The maximum Gasteiger partial charge on any atom is 0.324 e. The van der Waals surface area contributed by atoms with Gasteiger partial charge in [-0.3, -0.25) is 4.79 Å². The van der Waals surface area contributed by atoms with Gasteiger partial charge < -0.3 is 4.74 Å². The first-order chi connectivity index (χ1) is 7.90. The molecule has 0 aromatic carbocycles. The van der Waals surface area contributed by atoms with Crippen LogP contribution in [0.2, 0.25) is 0 Å². The van der Waals surface area contributed by atoms with Crippen LogP contribution in [0.4, 0.5) is 0 Å². The molecule has 0 aromatic heterocycles. The second kappa shape index (κ2) is 7.24. The highest BCUT2D eigenvalue weighted by Crippen LogP contribution is 2.10. The van der Waals surface area contributed by atoms with Crippen molar-refractivity contribution in [3.05, 3.63) is 25.3 Å². The summed E-state index contributed by atoms with van der Waals surface area (Å²) in [6, 6.07) is -0.863. The van der Waals surface area contributed by atoms with Gasteiger partial charge in [-0.2, -0.15) is 4.31 Å². The van der Waals surface area contributed by atoms with Crippen LogP contribution < -0.4 is 0 Å². The van der Waals surface area contributed by atoms with Crippen LogP contribution in [0, 0.1) is 0 Å². The standard InChI is InChI=1S/C11H19NO4S/c1-5-8-12(17(14,15)9-6-2)10(4)11(13)16-7-3/h5-6,10H,1-2,7-9H2,3-4H3/t10-/m0/s1. The van der Waals surface area contributed by atoms with Crippen LogP contribution in [0.3, 0.4) is 0 Å². The van der Waals surface area contributed by atoms with E-state index in [0.29, 0.717) is 0 Å². The third kappa shape index (κ3) is 4.70.